The molecule has 2 heteroatoms. The van der Waals surface area contributed by atoms with Gasteiger partial charge in [-0.15, -0.1) is 0 Å². The molecule has 0 radical (unpaired) electrons. The molecule has 0 amide bonds. The lowest BCUT2D eigenvalue weighted by molar-refractivity contribution is 1.36. The third-order valence-electron chi connectivity index (χ3n) is 3.16. The Kier molecular flexibility index (Phi) is 4.94. The Morgan fingerprint density at radius 3 is 1.95 bits per heavy atom. The number of nitrogens with one attached hydrogen (secondary N) is 1. The van der Waals surface area contributed by atoms with Gasteiger partial charge in [-0.3, -0.25) is 4.99 Å². The Hall–Kier alpha value is -2.35. The van der Waals surface area contributed by atoms with Crippen LogP contribution in [0.5, 0.6) is 0 Å². The maximum absolute atomic E-state index is 4.60. The summed E-state index contributed by atoms with van der Waals surface area (Å²) < 4.78 is 0. The number of benzene rings is 2. The van der Waals surface area contributed by atoms with Crippen molar-refractivity contribution in [2.24, 2.45) is 4.99 Å². The Bertz CT molecular complexity index is 647. The highest BCUT2D eigenvalue weighted by Gasteiger charge is 1.95. The van der Waals surface area contributed by atoms with Crippen molar-refractivity contribution in [2.75, 3.05) is 5.32 Å². The van der Waals surface area contributed by atoms with E-state index in [4.69, 9.17) is 0 Å². The number of rotatable bonds is 4. The average Bonchev–Trinajstić information content (AvgIpc) is 2.44. The van der Waals surface area contributed by atoms with Crippen LogP contribution in [0, 0.1) is 13.8 Å². The van der Waals surface area contributed by atoms with E-state index in [0.717, 1.165) is 22.8 Å². The predicted octanol–water partition coefficient (Wildman–Crippen LogP) is 5.41. The maximum atomic E-state index is 4.60. The Balaban J connectivity index is 2.06. The first-order valence-corrected chi connectivity index (χ1v) is 7.17. The maximum Gasteiger partial charge on any atom is 0.0633 e. The van der Waals surface area contributed by atoms with Gasteiger partial charge in [0.25, 0.3) is 0 Å². The van der Waals surface area contributed by atoms with E-state index in [1.165, 1.54) is 11.1 Å². The van der Waals surface area contributed by atoms with Crippen LogP contribution < -0.4 is 5.32 Å². The van der Waals surface area contributed by atoms with Gasteiger partial charge in [0.2, 0.25) is 0 Å². The van der Waals surface area contributed by atoms with Gasteiger partial charge in [0, 0.05) is 17.1 Å². The van der Waals surface area contributed by atoms with Gasteiger partial charge < -0.3 is 5.32 Å². The molecule has 0 fully saturated rings. The van der Waals surface area contributed by atoms with Crippen molar-refractivity contribution in [3.8, 4) is 0 Å². The molecule has 0 heterocycles. The fraction of sp³-hybridized carbons (Fsp3) is 0.211. The van der Waals surface area contributed by atoms with Crippen molar-refractivity contribution in [3.05, 3.63) is 71.4 Å². The van der Waals surface area contributed by atoms with E-state index in [0.29, 0.717) is 0 Å². The van der Waals surface area contributed by atoms with Gasteiger partial charge in [-0.1, -0.05) is 35.4 Å². The zero-order chi connectivity index (χ0) is 15.2. The average molecular weight is 278 g/mol. The molecule has 2 rings (SSSR count). The van der Waals surface area contributed by atoms with Crippen LogP contribution in [0.1, 0.15) is 25.0 Å². The molecule has 0 aliphatic rings. The number of anilines is 1. The number of aryl methyl sites for hydroxylation is 2. The minimum atomic E-state index is 0.982. The molecule has 0 bridgehead atoms. The molecule has 0 saturated carbocycles. The largest absolute Gasteiger partial charge is 0.359 e. The fourth-order valence-corrected chi connectivity index (χ4v) is 2.07. The quantitative estimate of drug-likeness (QED) is 0.743. The van der Waals surface area contributed by atoms with Gasteiger partial charge in [-0.05, 0) is 58.0 Å². The van der Waals surface area contributed by atoms with E-state index in [2.05, 4.69) is 66.6 Å². The number of hydrogen-bond donors (Lipinski definition) is 1. The zero-order valence-corrected chi connectivity index (χ0v) is 13.1. The molecule has 0 atom stereocenters. The first-order valence-electron chi connectivity index (χ1n) is 7.17. The molecule has 2 nitrogen and oxygen atoms in total. The van der Waals surface area contributed by atoms with E-state index in [9.17, 15) is 0 Å². The molecule has 0 spiro atoms. The summed E-state index contributed by atoms with van der Waals surface area (Å²) in [5.41, 5.74) is 6.65. The van der Waals surface area contributed by atoms with Crippen LogP contribution in [-0.4, -0.2) is 5.71 Å². The van der Waals surface area contributed by atoms with Crippen LogP contribution in [-0.2, 0) is 0 Å². The fourth-order valence-electron chi connectivity index (χ4n) is 2.07. The minimum Gasteiger partial charge on any atom is -0.359 e. The van der Waals surface area contributed by atoms with Crippen molar-refractivity contribution in [3.63, 3.8) is 0 Å². The van der Waals surface area contributed by atoms with Crippen LogP contribution in [0.4, 0.5) is 11.4 Å². The summed E-state index contributed by atoms with van der Waals surface area (Å²) in [6.45, 7) is 8.23. The molecular formula is C19H22N2. The van der Waals surface area contributed by atoms with Gasteiger partial charge in [-0.25, -0.2) is 0 Å². The van der Waals surface area contributed by atoms with Gasteiger partial charge in [-0.2, -0.15) is 0 Å². The molecule has 21 heavy (non-hydrogen) atoms. The molecule has 1 N–H and O–H groups in total. The third-order valence-corrected chi connectivity index (χ3v) is 3.16. The molecular weight excluding hydrogens is 256 g/mol. The third kappa shape index (κ3) is 4.92. The summed E-state index contributed by atoms with van der Waals surface area (Å²) in [5.74, 6) is 0. The van der Waals surface area contributed by atoms with E-state index in [-0.39, 0.29) is 0 Å². The van der Waals surface area contributed by atoms with Crippen molar-refractivity contribution in [1.82, 2.24) is 0 Å². The van der Waals surface area contributed by atoms with E-state index >= 15 is 0 Å². The molecule has 2 aromatic carbocycles. The van der Waals surface area contributed by atoms with Crippen LogP contribution in [0.25, 0.3) is 0 Å². The van der Waals surface area contributed by atoms with Crippen molar-refractivity contribution in [1.29, 1.82) is 0 Å². The first-order chi connectivity index (χ1) is 10.0. The zero-order valence-electron chi connectivity index (χ0n) is 13.1. The van der Waals surface area contributed by atoms with Crippen LogP contribution in [0.3, 0.4) is 0 Å². The molecule has 0 aromatic heterocycles. The van der Waals surface area contributed by atoms with E-state index in [1.54, 1.807) is 0 Å². The SMILES string of the molecule is C/C(=C/C(C)=N\c1ccc(C)cc1)Nc1ccc(C)cc1. The van der Waals surface area contributed by atoms with Crippen LogP contribution in [0.15, 0.2) is 65.3 Å². The molecule has 0 unspecified atom stereocenters. The Morgan fingerprint density at radius 2 is 1.38 bits per heavy atom. The van der Waals surface area contributed by atoms with E-state index < -0.39 is 0 Å². The second kappa shape index (κ2) is 6.89. The topological polar surface area (TPSA) is 24.4 Å². The number of hydrogen-bond acceptors (Lipinski definition) is 2. The number of allylic oxidation sites excluding steroid dienone is 2. The summed E-state index contributed by atoms with van der Waals surface area (Å²) in [7, 11) is 0. The summed E-state index contributed by atoms with van der Waals surface area (Å²) in [6.07, 6.45) is 2.06. The van der Waals surface area contributed by atoms with Gasteiger partial charge >= 0.3 is 0 Å². The molecule has 0 aliphatic heterocycles. The van der Waals surface area contributed by atoms with Crippen molar-refractivity contribution in [2.45, 2.75) is 27.7 Å². The second-order valence-corrected chi connectivity index (χ2v) is 5.41. The summed E-state index contributed by atoms with van der Waals surface area (Å²) in [6, 6.07) is 16.6. The smallest absolute Gasteiger partial charge is 0.0633 e. The Labute approximate surface area is 127 Å². The van der Waals surface area contributed by atoms with Gasteiger partial charge in [0.05, 0.1) is 5.69 Å². The van der Waals surface area contributed by atoms with E-state index in [1.807, 2.05) is 26.0 Å². The predicted molar refractivity (Wildman–Crippen MR) is 92.5 cm³/mol. The molecule has 0 aliphatic carbocycles. The van der Waals surface area contributed by atoms with Gasteiger partial charge in [0.15, 0.2) is 0 Å². The molecule has 0 saturated heterocycles. The van der Waals surface area contributed by atoms with Gasteiger partial charge in [0.1, 0.15) is 0 Å². The molecule has 108 valence electrons. The first kappa shape index (κ1) is 15.0. The highest BCUT2D eigenvalue weighted by molar-refractivity contribution is 5.95. The standard InChI is InChI=1S/C19H22N2/c1-14-5-9-18(10-6-14)20-16(3)13-17(4)21-19-11-7-15(2)8-12-19/h5-13,20H,1-4H3/b16-13-,21-17-. The summed E-state index contributed by atoms with van der Waals surface area (Å²) in [5, 5.41) is 3.38. The van der Waals surface area contributed by atoms with Crippen molar-refractivity contribution >= 4 is 17.1 Å². The second-order valence-electron chi connectivity index (χ2n) is 5.41. The highest BCUT2D eigenvalue weighted by atomic mass is 14.9. The monoisotopic (exact) mass is 278 g/mol. The lowest BCUT2D eigenvalue weighted by Gasteiger charge is -2.07. The normalized spacial score (nSPS) is 12.4. The minimum absolute atomic E-state index is 0.982. The number of aliphatic imine (C=N–C) groups is 1. The molecule has 2 aromatic rings. The van der Waals surface area contributed by atoms with Crippen LogP contribution in [0.2, 0.25) is 0 Å². The number of nitrogens with zero attached hydrogens (tertiary/aromatic N) is 1. The van der Waals surface area contributed by atoms with Crippen LogP contribution >= 0.6 is 0 Å². The summed E-state index contributed by atoms with van der Waals surface area (Å²) >= 11 is 0. The summed E-state index contributed by atoms with van der Waals surface area (Å²) in [4.78, 5) is 4.60. The lowest BCUT2D eigenvalue weighted by atomic mass is 10.2. The highest BCUT2D eigenvalue weighted by Crippen LogP contribution is 2.14. The lowest BCUT2D eigenvalue weighted by Crippen LogP contribution is -1.98. The Morgan fingerprint density at radius 1 is 0.857 bits per heavy atom. The van der Waals surface area contributed by atoms with Crippen molar-refractivity contribution < 1.29 is 0 Å².